The lowest BCUT2D eigenvalue weighted by Crippen LogP contribution is -2.36. The van der Waals surface area contributed by atoms with Crippen molar-refractivity contribution in [2.24, 2.45) is 5.73 Å². The van der Waals surface area contributed by atoms with Crippen LogP contribution in [0, 0.1) is 0 Å². The van der Waals surface area contributed by atoms with Crippen LogP contribution in [0.3, 0.4) is 0 Å². The molecule has 4 rings (SSSR count). The molecule has 2 amide bonds. The van der Waals surface area contributed by atoms with E-state index in [1.165, 1.54) is 10.5 Å². The average molecular weight is 505 g/mol. The van der Waals surface area contributed by atoms with E-state index in [9.17, 15) is 9.59 Å². The van der Waals surface area contributed by atoms with Gasteiger partial charge in [0.15, 0.2) is 11.5 Å². The smallest absolute Gasteiger partial charge is 0.266 e. The largest absolute Gasteiger partial charge is 0.489 e. The normalized spacial score (nSPS) is 14.4. The maximum Gasteiger partial charge on any atom is 0.266 e. The van der Waals surface area contributed by atoms with Crippen LogP contribution in [0.5, 0.6) is 11.5 Å². The molecule has 0 atom stereocenters. The van der Waals surface area contributed by atoms with Gasteiger partial charge in [-0.3, -0.25) is 14.5 Å². The van der Waals surface area contributed by atoms with Crippen LogP contribution in [0.15, 0.2) is 83.8 Å². The van der Waals surface area contributed by atoms with Crippen molar-refractivity contribution in [3.63, 3.8) is 0 Å². The van der Waals surface area contributed by atoms with Gasteiger partial charge in [0.2, 0.25) is 5.91 Å². The highest BCUT2D eigenvalue weighted by Crippen LogP contribution is 2.35. The van der Waals surface area contributed by atoms with Crippen molar-refractivity contribution >= 4 is 46.2 Å². The molecule has 1 aliphatic rings. The second-order valence-electron chi connectivity index (χ2n) is 7.80. The Bertz CT molecular complexity index is 1250. The molecule has 35 heavy (non-hydrogen) atoms. The van der Waals surface area contributed by atoms with Gasteiger partial charge in [-0.25, -0.2) is 0 Å². The number of thioether (sulfide) groups is 1. The van der Waals surface area contributed by atoms with E-state index < -0.39 is 5.91 Å². The molecule has 3 aromatic rings. The highest BCUT2D eigenvalue weighted by Gasteiger charge is 2.32. The van der Waals surface area contributed by atoms with E-state index in [-0.39, 0.29) is 12.5 Å². The Morgan fingerprint density at radius 3 is 2.31 bits per heavy atom. The molecule has 3 aromatic carbocycles. The van der Waals surface area contributed by atoms with Crippen molar-refractivity contribution in [3.05, 3.63) is 100 Å². The summed E-state index contributed by atoms with van der Waals surface area (Å²) in [5, 5.41) is 0. The summed E-state index contributed by atoms with van der Waals surface area (Å²) in [5.41, 5.74) is 8.21. The van der Waals surface area contributed by atoms with Gasteiger partial charge in [0.25, 0.3) is 5.91 Å². The predicted octanol–water partition coefficient (Wildman–Crippen LogP) is 4.57. The van der Waals surface area contributed by atoms with E-state index in [1.807, 2.05) is 66.7 Å². The van der Waals surface area contributed by atoms with Crippen molar-refractivity contribution in [2.45, 2.75) is 13.0 Å². The number of carbonyl (C=O) groups is 2. The van der Waals surface area contributed by atoms with Gasteiger partial charge in [-0.1, -0.05) is 90.7 Å². The number of carbonyl (C=O) groups excluding carboxylic acids is 2. The van der Waals surface area contributed by atoms with Gasteiger partial charge in [0.05, 0.1) is 11.5 Å². The van der Waals surface area contributed by atoms with Gasteiger partial charge in [0, 0.05) is 6.42 Å². The number of primary amides is 1. The molecule has 0 saturated carbocycles. The molecule has 0 bridgehead atoms. The number of nitrogens with zero attached hydrogens (tertiary/aromatic N) is 1. The van der Waals surface area contributed by atoms with Crippen molar-refractivity contribution in [1.82, 2.24) is 4.90 Å². The zero-order valence-corrected chi connectivity index (χ0v) is 20.5. The molecule has 8 heteroatoms. The minimum Gasteiger partial charge on any atom is -0.489 e. The Kier molecular flexibility index (Phi) is 8.18. The number of amides is 2. The highest BCUT2D eigenvalue weighted by molar-refractivity contribution is 8.26. The van der Waals surface area contributed by atoms with Crippen LogP contribution in [0.2, 0.25) is 0 Å². The molecular weight excluding hydrogens is 480 g/mol. The SMILES string of the molecule is NC(=O)CN1C(=O)C(=Cc2ccc(OCCc3ccccc3)c(OCc3ccccc3)c2)SC1=S. The molecule has 178 valence electrons. The van der Waals surface area contributed by atoms with Crippen LogP contribution >= 0.6 is 24.0 Å². The van der Waals surface area contributed by atoms with Gasteiger partial charge in [-0.2, -0.15) is 0 Å². The molecule has 1 fully saturated rings. The maximum atomic E-state index is 12.7. The summed E-state index contributed by atoms with van der Waals surface area (Å²) in [4.78, 5) is 25.6. The first-order valence-electron chi connectivity index (χ1n) is 11.0. The molecule has 0 aliphatic carbocycles. The number of ether oxygens (including phenoxy) is 2. The lowest BCUT2D eigenvalue weighted by Gasteiger charge is -2.14. The second kappa shape index (κ2) is 11.7. The molecule has 1 aliphatic heterocycles. The quantitative estimate of drug-likeness (QED) is 0.322. The third-order valence-electron chi connectivity index (χ3n) is 5.18. The predicted molar refractivity (Wildman–Crippen MR) is 142 cm³/mol. The van der Waals surface area contributed by atoms with Gasteiger partial charge >= 0.3 is 0 Å². The first kappa shape index (κ1) is 24.5. The van der Waals surface area contributed by atoms with Crippen molar-refractivity contribution in [2.75, 3.05) is 13.2 Å². The summed E-state index contributed by atoms with van der Waals surface area (Å²) in [5.74, 6) is 0.239. The first-order chi connectivity index (χ1) is 17.0. The Morgan fingerprint density at radius 1 is 0.943 bits per heavy atom. The monoisotopic (exact) mass is 504 g/mol. The number of thiocarbonyl (C=S) groups is 1. The first-order valence-corrected chi connectivity index (χ1v) is 12.2. The van der Waals surface area contributed by atoms with E-state index >= 15 is 0 Å². The topological polar surface area (TPSA) is 81.9 Å². The summed E-state index contributed by atoms with van der Waals surface area (Å²) < 4.78 is 12.5. The fraction of sp³-hybridized carbons (Fsp3) is 0.148. The Morgan fingerprint density at radius 2 is 1.63 bits per heavy atom. The number of hydrogen-bond acceptors (Lipinski definition) is 6. The zero-order valence-electron chi connectivity index (χ0n) is 18.9. The zero-order chi connectivity index (χ0) is 24.6. The van der Waals surface area contributed by atoms with Crippen LogP contribution in [0.25, 0.3) is 6.08 Å². The molecule has 1 heterocycles. The Hall–Kier alpha value is -3.62. The summed E-state index contributed by atoms with van der Waals surface area (Å²) in [6.45, 7) is 0.637. The van der Waals surface area contributed by atoms with E-state index in [4.69, 9.17) is 27.4 Å². The van der Waals surface area contributed by atoms with Crippen LogP contribution in [-0.4, -0.2) is 34.2 Å². The van der Waals surface area contributed by atoms with E-state index in [0.717, 1.165) is 29.3 Å². The molecule has 6 nitrogen and oxygen atoms in total. The fourth-order valence-corrected chi connectivity index (χ4v) is 4.70. The lowest BCUT2D eigenvalue weighted by molar-refractivity contribution is -0.127. The maximum absolute atomic E-state index is 12.7. The van der Waals surface area contributed by atoms with Crippen LogP contribution in [0.4, 0.5) is 0 Å². The van der Waals surface area contributed by atoms with Gasteiger partial charge in [-0.15, -0.1) is 0 Å². The van der Waals surface area contributed by atoms with E-state index in [1.54, 1.807) is 6.08 Å². The molecular formula is C27H24N2O4S2. The number of benzene rings is 3. The second-order valence-corrected chi connectivity index (χ2v) is 9.47. The summed E-state index contributed by atoms with van der Waals surface area (Å²) in [6.07, 6.45) is 2.49. The Balaban J connectivity index is 1.53. The van der Waals surface area contributed by atoms with Crippen molar-refractivity contribution < 1.29 is 19.1 Å². The average Bonchev–Trinajstić information content (AvgIpc) is 3.12. The molecule has 0 unspecified atom stereocenters. The molecule has 1 saturated heterocycles. The molecule has 0 radical (unpaired) electrons. The number of hydrogen-bond donors (Lipinski definition) is 1. The lowest BCUT2D eigenvalue weighted by atomic mass is 10.1. The highest BCUT2D eigenvalue weighted by atomic mass is 32.2. The fourth-order valence-electron chi connectivity index (χ4n) is 3.45. The molecule has 2 N–H and O–H groups in total. The minimum atomic E-state index is -0.615. The van der Waals surface area contributed by atoms with Crippen LogP contribution in [0.1, 0.15) is 16.7 Å². The summed E-state index contributed by atoms with van der Waals surface area (Å²) >= 11 is 6.37. The third-order valence-corrected chi connectivity index (χ3v) is 6.56. The standard InChI is InChI=1S/C27H24N2O4S2/c28-25(30)17-29-26(31)24(35-27(29)34)16-21-11-12-22(32-14-13-19-7-3-1-4-8-19)23(15-21)33-18-20-9-5-2-6-10-20/h1-12,15-16H,13-14,17-18H2,(H2,28,30). The van der Waals surface area contributed by atoms with E-state index in [0.29, 0.717) is 33.9 Å². The van der Waals surface area contributed by atoms with E-state index in [2.05, 4.69) is 12.1 Å². The number of rotatable bonds is 10. The number of nitrogens with two attached hydrogens (primary N) is 1. The summed E-state index contributed by atoms with van der Waals surface area (Å²) in [7, 11) is 0. The van der Waals surface area contributed by atoms with Gasteiger partial charge in [0.1, 0.15) is 17.5 Å². The third kappa shape index (κ3) is 6.71. The van der Waals surface area contributed by atoms with Crippen LogP contribution < -0.4 is 15.2 Å². The van der Waals surface area contributed by atoms with Crippen molar-refractivity contribution in [3.8, 4) is 11.5 Å². The minimum absolute atomic E-state index is 0.234. The van der Waals surface area contributed by atoms with Gasteiger partial charge < -0.3 is 15.2 Å². The summed E-state index contributed by atoms with van der Waals surface area (Å²) in [6, 6.07) is 25.5. The van der Waals surface area contributed by atoms with Gasteiger partial charge in [-0.05, 0) is 34.9 Å². The van der Waals surface area contributed by atoms with Crippen molar-refractivity contribution in [1.29, 1.82) is 0 Å². The van der Waals surface area contributed by atoms with Crippen LogP contribution in [-0.2, 0) is 22.6 Å². The molecule has 0 aromatic heterocycles. The molecule has 0 spiro atoms. The Labute approximate surface area is 213 Å².